The Kier molecular flexibility index (Phi) is 22.6. The first-order valence-corrected chi connectivity index (χ1v) is 10.8. The first-order chi connectivity index (χ1) is 16.2. The Morgan fingerprint density at radius 3 is 1.29 bits per heavy atom. The van der Waals surface area contributed by atoms with E-state index < -0.39 is 17.9 Å². The van der Waals surface area contributed by atoms with Crippen molar-refractivity contribution in [1.29, 1.82) is 0 Å². The average molecular weight is 580 g/mol. The minimum atomic E-state index is -0.443. The molecule has 0 saturated carbocycles. The van der Waals surface area contributed by atoms with Crippen LogP contribution >= 0.6 is 0 Å². The van der Waals surface area contributed by atoms with Crippen molar-refractivity contribution in [3.8, 4) is 0 Å². The molecular formula is C21H39N4O9Y-. The summed E-state index contributed by atoms with van der Waals surface area (Å²) in [6.45, 7) is 3.86. The van der Waals surface area contributed by atoms with Crippen molar-refractivity contribution in [2.45, 2.75) is 0 Å². The van der Waals surface area contributed by atoms with Crippen LogP contribution in [-0.4, -0.2) is 156 Å². The van der Waals surface area contributed by atoms with Gasteiger partial charge in [-0.05, 0) is 7.05 Å². The van der Waals surface area contributed by atoms with Gasteiger partial charge in [0.25, 0.3) is 0 Å². The zero-order valence-corrected chi connectivity index (χ0v) is 24.3. The van der Waals surface area contributed by atoms with E-state index in [4.69, 9.17) is 14.6 Å². The van der Waals surface area contributed by atoms with Crippen LogP contribution in [0, 0.1) is 6.61 Å². The van der Waals surface area contributed by atoms with E-state index in [0.717, 1.165) is 6.61 Å². The van der Waals surface area contributed by atoms with Gasteiger partial charge in [-0.25, -0.2) is 6.61 Å². The van der Waals surface area contributed by atoms with E-state index in [1.54, 1.807) is 16.8 Å². The smallest absolute Gasteiger partial charge is 0.319 e. The molecule has 0 aromatic heterocycles. The predicted molar refractivity (Wildman–Crippen MR) is 121 cm³/mol. The van der Waals surface area contributed by atoms with Crippen molar-refractivity contribution < 1.29 is 75.9 Å². The summed E-state index contributed by atoms with van der Waals surface area (Å²) in [5, 5.41) is 9.14. The molecule has 0 aliphatic rings. The second kappa shape index (κ2) is 22.0. The van der Waals surface area contributed by atoms with Crippen LogP contribution in [0.5, 0.6) is 0 Å². The van der Waals surface area contributed by atoms with Crippen molar-refractivity contribution in [2.75, 3.05) is 107 Å². The van der Waals surface area contributed by atoms with Crippen LogP contribution in [0.1, 0.15) is 0 Å². The quantitative estimate of drug-likeness (QED) is 0.103. The van der Waals surface area contributed by atoms with Crippen LogP contribution in [0.15, 0.2) is 0 Å². The molecule has 0 fully saturated rings. The zero-order valence-electron chi connectivity index (χ0n) is 21.4. The third-order valence-corrected chi connectivity index (χ3v) is 4.97. The van der Waals surface area contributed by atoms with Crippen molar-refractivity contribution in [3.05, 3.63) is 6.61 Å². The van der Waals surface area contributed by atoms with Crippen LogP contribution in [0.2, 0.25) is 0 Å². The Hall–Kier alpha value is -1.22. The monoisotopic (exact) mass is 580 g/mol. The molecule has 0 aromatic rings. The van der Waals surface area contributed by atoms with Gasteiger partial charge in [-0.2, -0.15) is 0 Å². The third-order valence-electron chi connectivity index (χ3n) is 4.97. The first-order valence-electron chi connectivity index (χ1n) is 10.8. The molecule has 1 N–H and O–H groups in total. The maximum absolute atomic E-state index is 11.9. The van der Waals surface area contributed by atoms with Crippen LogP contribution in [-0.2, 0) is 70.8 Å². The number of aliphatic hydroxyl groups is 1. The van der Waals surface area contributed by atoms with Crippen molar-refractivity contribution in [2.24, 2.45) is 0 Å². The van der Waals surface area contributed by atoms with Crippen LogP contribution in [0.4, 0.5) is 0 Å². The summed E-state index contributed by atoms with van der Waals surface area (Å²) in [6, 6.07) is 0. The van der Waals surface area contributed by atoms with E-state index in [1.807, 2.05) is 9.80 Å². The number of methoxy groups -OCH3 is 4. The second-order valence-corrected chi connectivity index (χ2v) is 7.51. The largest absolute Gasteiger partial charge is 0.565 e. The van der Waals surface area contributed by atoms with E-state index in [1.165, 1.54) is 28.4 Å². The van der Waals surface area contributed by atoms with Crippen LogP contribution in [0.3, 0.4) is 0 Å². The summed E-state index contributed by atoms with van der Waals surface area (Å²) >= 11 is 0. The Morgan fingerprint density at radius 2 is 0.914 bits per heavy atom. The van der Waals surface area contributed by atoms with Crippen molar-refractivity contribution >= 4 is 23.9 Å². The minimum absolute atomic E-state index is 0. The molecule has 0 aromatic carbocycles. The van der Waals surface area contributed by atoms with Crippen molar-refractivity contribution in [1.82, 2.24) is 19.6 Å². The van der Waals surface area contributed by atoms with Gasteiger partial charge in [0.1, 0.15) is 0 Å². The van der Waals surface area contributed by atoms with Gasteiger partial charge in [-0.1, -0.05) is 0 Å². The van der Waals surface area contributed by atoms with Gasteiger partial charge in [0.15, 0.2) is 0 Å². The van der Waals surface area contributed by atoms with Gasteiger partial charge in [0.2, 0.25) is 0 Å². The van der Waals surface area contributed by atoms with E-state index in [0.29, 0.717) is 39.3 Å². The number of likely N-dealkylation sites (N-methyl/N-ethyl adjacent to an activating group) is 1. The van der Waals surface area contributed by atoms with E-state index in [9.17, 15) is 19.2 Å². The Labute approximate surface area is 232 Å². The molecule has 35 heavy (non-hydrogen) atoms. The molecular weight excluding hydrogens is 541 g/mol. The first kappa shape index (κ1) is 35.9. The molecule has 0 heterocycles. The molecule has 0 aliphatic heterocycles. The molecule has 0 amide bonds. The number of carbonyl (C=O) groups is 4. The van der Waals surface area contributed by atoms with Gasteiger partial charge < -0.3 is 29.0 Å². The second-order valence-electron chi connectivity index (χ2n) is 7.51. The van der Waals surface area contributed by atoms with E-state index >= 15 is 0 Å². The van der Waals surface area contributed by atoms with Crippen LogP contribution < -0.4 is 0 Å². The van der Waals surface area contributed by atoms with Gasteiger partial charge >= 0.3 is 23.9 Å². The molecule has 0 atom stereocenters. The summed E-state index contributed by atoms with van der Waals surface area (Å²) < 4.78 is 18.9. The Bertz CT molecular complexity index is 628. The summed E-state index contributed by atoms with van der Waals surface area (Å²) in [4.78, 5) is 53.9. The number of carbonyl (C=O) groups excluding carboxylic acids is 4. The summed E-state index contributed by atoms with van der Waals surface area (Å²) in [7, 11) is 6.98. The molecule has 1 radical (unpaired) electrons. The predicted octanol–water partition coefficient (Wildman–Crippen LogP) is -1.95. The van der Waals surface area contributed by atoms with E-state index in [2.05, 4.69) is 9.47 Å². The molecule has 0 bridgehead atoms. The van der Waals surface area contributed by atoms with Gasteiger partial charge in [0, 0.05) is 72.0 Å². The standard InChI is InChI=1S/C21H39N4O9.Y/c1-22(14-18(27)31-2)6-7-23(15-19(28)32-3)8-9-24(16-20(29)33-4)10-11-25(12-13-26)17-21(30)34-5;/h13,26H,6-12,14-17H2,1-5H3;/q-1;. The fraction of sp³-hybridized carbons (Fsp3) is 0.762. The fourth-order valence-electron chi connectivity index (χ4n) is 2.87. The van der Waals surface area contributed by atoms with E-state index in [-0.39, 0.29) is 71.4 Å². The maximum atomic E-state index is 11.9. The normalized spacial score (nSPS) is 10.9. The molecule has 0 saturated heterocycles. The number of rotatable bonds is 19. The molecule has 0 rings (SSSR count). The number of ether oxygens (including phenoxy) is 4. The topological polar surface area (TPSA) is 138 Å². The molecule has 14 heteroatoms. The number of nitrogens with zero attached hydrogens (tertiary/aromatic N) is 4. The van der Waals surface area contributed by atoms with Crippen molar-refractivity contribution in [3.63, 3.8) is 0 Å². The molecule has 201 valence electrons. The molecule has 0 aliphatic carbocycles. The summed E-state index contributed by atoms with van der Waals surface area (Å²) in [5.74, 6) is -1.63. The van der Waals surface area contributed by atoms with Crippen LogP contribution in [0.25, 0.3) is 0 Å². The molecule has 13 nitrogen and oxygen atoms in total. The number of hydrogen-bond donors (Lipinski definition) is 1. The number of aliphatic hydroxyl groups excluding tert-OH is 1. The van der Waals surface area contributed by atoms with Gasteiger partial charge in [0.05, 0.1) is 54.6 Å². The van der Waals surface area contributed by atoms with Gasteiger partial charge in [-0.15, -0.1) is 6.54 Å². The fourth-order valence-corrected chi connectivity index (χ4v) is 2.87. The average Bonchev–Trinajstić information content (AvgIpc) is 2.82. The SMILES string of the molecule is COC(=O)CN(C)CCN(CCN(CCN(C[CH-]O)CC(=O)OC)CC(=O)OC)CC(=O)OC.[Y]. The number of hydrogen-bond acceptors (Lipinski definition) is 13. The summed E-state index contributed by atoms with van der Waals surface area (Å²) in [5.41, 5.74) is 0. The Balaban J connectivity index is 0. The van der Waals surface area contributed by atoms with Gasteiger partial charge in [-0.3, -0.25) is 33.9 Å². The zero-order chi connectivity index (χ0) is 25.9. The third kappa shape index (κ3) is 18.7. The Morgan fingerprint density at radius 1 is 0.600 bits per heavy atom. The molecule has 0 spiro atoms. The minimum Gasteiger partial charge on any atom is -0.565 e. The summed E-state index contributed by atoms with van der Waals surface area (Å²) in [6.07, 6.45) is 0. The molecule has 0 unspecified atom stereocenters. The number of esters is 4. The maximum Gasteiger partial charge on any atom is 0.319 e.